The largest absolute Gasteiger partial charge is 0.508 e. The minimum atomic E-state index is -0.393. The Morgan fingerprint density at radius 2 is 2.08 bits per heavy atom. The third kappa shape index (κ3) is 5.32. The topological polar surface area (TPSA) is 80.7 Å². The zero-order valence-corrected chi connectivity index (χ0v) is 14.6. The van der Waals surface area contributed by atoms with Gasteiger partial charge in [0.05, 0.1) is 6.61 Å². The van der Waals surface area contributed by atoms with Crippen LogP contribution in [0.5, 0.6) is 11.5 Å². The van der Waals surface area contributed by atoms with Crippen molar-refractivity contribution in [3.8, 4) is 11.5 Å². The summed E-state index contributed by atoms with van der Waals surface area (Å²) in [5, 5.41) is 12.5. The summed E-state index contributed by atoms with van der Waals surface area (Å²) >= 11 is 0. The lowest BCUT2D eigenvalue weighted by Gasteiger charge is -2.15. The molecule has 132 valence electrons. The maximum atomic E-state index is 12.4. The van der Waals surface area contributed by atoms with Crippen LogP contribution in [0.25, 0.3) is 5.57 Å². The molecule has 2 aromatic rings. The number of hydrogen-bond donors (Lipinski definition) is 2. The summed E-state index contributed by atoms with van der Waals surface area (Å²) in [6.07, 6.45) is 1.43. The molecule has 0 saturated heterocycles. The Kier molecular flexibility index (Phi) is 6.14. The Labute approximate surface area is 147 Å². The molecule has 1 aromatic heterocycles. The number of aromatic hydroxyl groups is 1. The lowest BCUT2D eigenvalue weighted by Crippen LogP contribution is -2.18. The zero-order chi connectivity index (χ0) is 18.4. The molecule has 2 rings (SSSR count). The molecule has 0 radical (unpaired) electrons. The number of anilines is 1. The molecule has 6 heteroatoms. The average Bonchev–Trinajstić information content (AvgIpc) is 2.55. The van der Waals surface area contributed by atoms with Crippen LogP contribution < -0.4 is 10.1 Å². The number of rotatable bonds is 7. The second-order valence-electron chi connectivity index (χ2n) is 5.77. The number of aromatic nitrogens is 1. The third-order valence-electron chi connectivity index (χ3n) is 3.39. The minimum Gasteiger partial charge on any atom is -0.508 e. The number of nitrogens with zero attached hydrogens (tertiary/aromatic N) is 1. The molecular formula is C19H22N2O4. The maximum Gasteiger partial charge on any atom is 0.257 e. The van der Waals surface area contributed by atoms with E-state index in [9.17, 15) is 9.90 Å². The molecule has 1 amide bonds. The van der Waals surface area contributed by atoms with E-state index in [-0.39, 0.29) is 17.4 Å². The number of methoxy groups -OCH3 is 1. The number of allylic oxidation sites excluding steroid dienone is 1. The van der Waals surface area contributed by atoms with Gasteiger partial charge >= 0.3 is 0 Å². The zero-order valence-electron chi connectivity index (χ0n) is 14.6. The highest BCUT2D eigenvalue weighted by atomic mass is 16.5. The van der Waals surface area contributed by atoms with Crippen LogP contribution in [0.15, 0.2) is 43.1 Å². The van der Waals surface area contributed by atoms with Crippen LogP contribution in [0.4, 0.5) is 5.82 Å². The Morgan fingerprint density at radius 3 is 2.68 bits per heavy atom. The van der Waals surface area contributed by atoms with E-state index in [0.717, 1.165) is 11.1 Å². The lowest BCUT2D eigenvalue weighted by atomic mass is 10.1. The fraction of sp³-hybridized carbons (Fsp3) is 0.263. The van der Waals surface area contributed by atoms with E-state index >= 15 is 0 Å². The van der Waals surface area contributed by atoms with E-state index in [1.807, 2.05) is 19.9 Å². The first-order valence-corrected chi connectivity index (χ1v) is 7.82. The van der Waals surface area contributed by atoms with Crippen molar-refractivity contribution in [2.24, 2.45) is 0 Å². The quantitative estimate of drug-likeness (QED) is 0.805. The summed E-state index contributed by atoms with van der Waals surface area (Å²) in [4.78, 5) is 16.6. The van der Waals surface area contributed by atoms with Gasteiger partial charge in [0.2, 0.25) is 0 Å². The molecule has 0 aliphatic rings. The van der Waals surface area contributed by atoms with Crippen molar-refractivity contribution in [2.75, 3.05) is 19.0 Å². The van der Waals surface area contributed by atoms with Gasteiger partial charge in [0, 0.05) is 24.9 Å². The lowest BCUT2D eigenvalue weighted by molar-refractivity contribution is 0.0915. The molecule has 0 spiro atoms. The van der Waals surface area contributed by atoms with Crippen molar-refractivity contribution in [3.05, 3.63) is 54.2 Å². The van der Waals surface area contributed by atoms with Crippen molar-refractivity contribution in [3.63, 3.8) is 0 Å². The maximum absolute atomic E-state index is 12.4. The summed E-state index contributed by atoms with van der Waals surface area (Å²) in [7, 11) is 1.58. The van der Waals surface area contributed by atoms with Gasteiger partial charge in [-0.2, -0.15) is 0 Å². The first kappa shape index (κ1) is 18.5. The number of benzene rings is 1. The van der Waals surface area contributed by atoms with Gasteiger partial charge in [0.15, 0.2) is 0 Å². The highest BCUT2D eigenvalue weighted by molar-refractivity contribution is 6.04. The Bertz CT molecular complexity index is 757. The minimum absolute atomic E-state index is 0.0575. The molecule has 25 heavy (non-hydrogen) atoms. The molecule has 1 atom stereocenters. The number of ether oxygens (including phenoxy) is 2. The Hall–Kier alpha value is -2.86. The predicted octanol–water partition coefficient (Wildman–Crippen LogP) is 3.49. The number of carbonyl (C=O) groups excluding carboxylic acids is 1. The first-order valence-electron chi connectivity index (χ1n) is 7.82. The van der Waals surface area contributed by atoms with Crippen molar-refractivity contribution in [2.45, 2.75) is 20.0 Å². The number of hydrogen-bond acceptors (Lipinski definition) is 5. The molecule has 6 nitrogen and oxygen atoms in total. The molecule has 1 heterocycles. The second kappa shape index (κ2) is 8.30. The van der Waals surface area contributed by atoms with Crippen molar-refractivity contribution >= 4 is 17.3 Å². The Balaban J connectivity index is 2.12. The second-order valence-corrected chi connectivity index (χ2v) is 5.77. The molecule has 0 bridgehead atoms. The van der Waals surface area contributed by atoms with Gasteiger partial charge in [0.25, 0.3) is 5.91 Å². The highest BCUT2D eigenvalue weighted by Crippen LogP contribution is 2.23. The smallest absolute Gasteiger partial charge is 0.257 e. The fourth-order valence-corrected chi connectivity index (χ4v) is 2.19. The standard InChI is InChI=1S/C19H22N2O4/c1-12(2)14-5-6-18(20-10-14)21-19(23)15-7-16(22)9-17(8-15)25-13(3)11-24-4/h5-10,13,22H,1,11H2,2-4H3,(H,20,21,23). The van der Waals surface area contributed by atoms with Gasteiger partial charge in [-0.25, -0.2) is 4.98 Å². The molecule has 1 aromatic carbocycles. The predicted molar refractivity (Wildman–Crippen MR) is 97.0 cm³/mol. The summed E-state index contributed by atoms with van der Waals surface area (Å²) in [6.45, 7) is 7.96. The average molecular weight is 342 g/mol. The molecule has 0 aliphatic carbocycles. The molecule has 1 unspecified atom stereocenters. The van der Waals surface area contributed by atoms with Crippen molar-refractivity contribution < 1.29 is 19.4 Å². The molecule has 0 fully saturated rings. The number of phenols is 1. The number of phenolic OH excluding ortho intramolecular Hbond substituents is 1. The van der Waals surface area contributed by atoms with Crippen LogP contribution >= 0.6 is 0 Å². The van der Waals surface area contributed by atoms with Gasteiger partial charge in [-0.05, 0) is 49.2 Å². The number of carbonyl (C=O) groups is 1. The SMILES string of the molecule is C=C(C)c1ccc(NC(=O)c2cc(O)cc(OC(C)COC)c2)nc1. The summed E-state index contributed by atoms with van der Waals surface area (Å²) in [5.41, 5.74) is 2.06. The molecule has 2 N–H and O–H groups in total. The van der Waals surface area contributed by atoms with Crippen LogP contribution in [0.3, 0.4) is 0 Å². The number of amides is 1. The number of nitrogens with one attached hydrogen (secondary N) is 1. The molecular weight excluding hydrogens is 320 g/mol. The van der Waals surface area contributed by atoms with E-state index in [1.165, 1.54) is 12.1 Å². The van der Waals surface area contributed by atoms with Gasteiger partial charge in [-0.3, -0.25) is 4.79 Å². The summed E-state index contributed by atoms with van der Waals surface area (Å²) in [6, 6.07) is 7.90. The molecule has 0 aliphatic heterocycles. The van der Waals surface area contributed by atoms with Crippen LogP contribution in [-0.4, -0.2) is 35.8 Å². The normalized spacial score (nSPS) is 11.6. The van der Waals surface area contributed by atoms with Crippen LogP contribution in [0.1, 0.15) is 29.8 Å². The summed E-state index contributed by atoms with van der Waals surface area (Å²) in [5.74, 6) is 0.349. The fourth-order valence-electron chi connectivity index (χ4n) is 2.19. The van der Waals surface area contributed by atoms with Gasteiger partial charge in [-0.1, -0.05) is 6.58 Å². The van der Waals surface area contributed by atoms with E-state index in [1.54, 1.807) is 25.4 Å². The van der Waals surface area contributed by atoms with E-state index < -0.39 is 5.91 Å². The molecule has 0 saturated carbocycles. The van der Waals surface area contributed by atoms with Crippen LogP contribution in [-0.2, 0) is 4.74 Å². The van der Waals surface area contributed by atoms with E-state index in [2.05, 4.69) is 16.9 Å². The number of pyridine rings is 1. The third-order valence-corrected chi connectivity index (χ3v) is 3.39. The van der Waals surface area contributed by atoms with E-state index in [0.29, 0.717) is 18.2 Å². The van der Waals surface area contributed by atoms with E-state index in [4.69, 9.17) is 9.47 Å². The monoisotopic (exact) mass is 342 g/mol. The van der Waals surface area contributed by atoms with Gasteiger partial charge in [-0.15, -0.1) is 0 Å². The first-order chi connectivity index (χ1) is 11.9. The van der Waals surface area contributed by atoms with Crippen molar-refractivity contribution in [1.29, 1.82) is 0 Å². The Morgan fingerprint density at radius 1 is 1.32 bits per heavy atom. The van der Waals surface area contributed by atoms with Gasteiger partial charge < -0.3 is 19.9 Å². The van der Waals surface area contributed by atoms with Crippen molar-refractivity contribution in [1.82, 2.24) is 4.98 Å². The highest BCUT2D eigenvalue weighted by Gasteiger charge is 2.12. The van der Waals surface area contributed by atoms with Gasteiger partial charge in [0.1, 0.15) is 23.4 Å². The van der Waals surface area contributed by atoms with Crippen LogP contribution in [0, 0.1) is 0 Å². The summed E-state index contributed by atoms with van der Waals surface area (Å²) < 4.78 is 10.6. The van der Waals surface area contributed by atoms with Crippen LogP contribution in [0.2, 0.25) is 0 Å².